The Kier molecular flexibility index (Phi) is 5.07. The minimum atomic E-state index is -0.00289. The second-order valence-corrected chi connectivity index (χ2v) is 5.88. The lowest BCUT2D eigenvalue weighted by atomic mass is 10.0. The number of nitrogens with one attached hydrogen (secondary N) is 1. The molecule has 1 heterocycles. The van der Waals surface area contributed by atoms with E-state index in [2.05, 4.69) is 17.1 Å². The Morgan fingerprint density at radius 1 is 1.48 bits per heavy atom. The summed E-state index contributed by atoms with van der Waals surface area (Å²) >= 11 is 0. The number of anilines is 2. The SMILES string of the molecule is CCN1CCCC(Nc2cc(C(=O)N(C)C)ccc2N)C1. The van der Waals surface area contributed by atoms with Crippen molar-refractivity contribution in [2.45, 2.75) is 25.8 Å². The third-order valence-corrected chi connectivity index (χ3v) is 4.02. The molecule has 1 aromatic carbocycles. The molecule has 1 fully saturated rings. The number of piperidine rings is 1. The van der Waals surface area contributed by atoms with Gasteiger partial charge >= 0.3 is 0 Å². The molecule has 3 N–H and O–H groups in total. The van der Waals surface area contributed by atoms with E-state index in [1.54, 1.807) is 31.1 Å². The van der Waals surface area contributed by atoms with Gasteiger partial charge in [0.1, 0.15) is 0 Å². The molecule has 1 atom stereocenters. The zero-order valence-electron chi connectivity index (χ0n) is 13.2. The van der Waals surface area contributed by atoms with Crippen molar-refractivity contribution < 1.29 is 4.79 Å². The Hall–Kier alpha value is -1.75. The molecular weight excluding hydrogens is 264 g/mol. The van der Waals surface area contributed by atoms with Gasteiger partial charge in [0.15, 0.2) is 0 Å². The number of rotatable bonds is 4. The standard InChI is InChI=1S/C16H26N4O/c1-4-20-9-5-6-13(11-20)18-15-10-12(7-8-14(15)17)16(21)19(2)3/h7-8,10,13,18H,4-6,9,11,17H2,1-3H3. The number of likely N-dealkylation sites (N-methyl/N-ethyl adjacent to an activating group) is 1. The average molecular weight is 290 g/mol. The minimum Gasteiger partial charge on any atom is -0.397 e. The largest absolute Gasteiger partial charge is 0.397 e. The van der Waals surface area contributed by atoms with E-state index in [0.717, 1.165) is 25.2 Å². The van der Waals surface area contributed by atoms with Crippen molar-refractivity contribution in [3.8, 4) is 0 Å². The van der Waals surface area contributed by atoms with E-state index in [9.17, 15) is 4.79 Å². The molecule has 1 amide bonds. The number of carbonyl (C=O) groups excluding carboxylic acids is 1. The Morgan fingerprint density at radius 2 is 2.24 bits per heavy atom. The van der Waals surface area contributed by atoms with Gasteiger partial charge in [0.2, 0.25) is 0 Å². The first kappa shape index (κ1) is 15.6. The van der Waals surface area contributed by atoms with E-state index in [4.69, 9.17) is 5.73 Å². The lowest BCUT2D eigenvalue weighted by Crippen LogP contribution is -2.41. The first-order valence-corrected chi connectivity index (χ1v) is 7.61. The van der Waals surface area contributed by atoms with Crippen molar-refractivity contribution >= 4 is 17.3 Å². The van der Waals surface area contributed by atoms with Gasteiger partial charge in [0, 0.05) is 32.2 Å². The summed E-state index contributed by atoms with van der Waals surface area (Å²) in [5.74, 6) is -0.00289. The molecule has 0 saturated carbocycles. The summed E-state index contributed by atoms with van der Waals surface area (Å²) in [7, 11) is 3.51. The molecule has 1 saturated heterocycles. The first-order chi connectivity index (χ1) is 10.0. The Labute approximate surface area is 127 Å². The van der Waals surface area contributed by atoms with Crippen molar-refractivity contribution in [1.29, 1.82) is 0 Å². The molecule has 1 aliphatic heterocycles. The van der Waals surface area contributed by atoms with Crippen LogP contribution in [0.5, 0.6) is 0 Å². The van der Waals surface area contributed by atoms with Crippen molar-refractivity contribution in [3.63, 3.8) is 0 Å². The summed E-state index contributed by atoms with van der Waals surface area (Å²) in [5.41, 5.74) is 8.28. The number of carbonyl (C=O) groups is 1. The van der Waals surface area contributed by atoms with Crippen LogP contribution < -0.4 is 11.1 Å². The topological polar surface area (TPSA) is 61.6 Å². The van der Waals surface area contributed by atoms with Crippen molar-refractivity contribution in [2.75, 3.05) is 44.8 Å². The quantitative estimate of drug-likeness (QED) is 0.831. The summed E-state index contributed by atoms with van der Waals surface area (Å²) < 4.78 is 0. The van der Waals surface area contributed by atoms with E-state index in [-0.39, 0.29) is 5.91 Å². The first-order valence-electron chi connectivity index (χ1n) is 7.61. The molecule has 1 aromatic rings. The number of hydrogen-bond donors (Lipinski definition) is 2. The van der Waals surface area contributed by atoms with Gasteiger partial charge in [-0.05, 0) is 44.1 Å². The zero-order valence-corrected chi connectivity index (χ0v) is 13.2. The van der Waals surface area contributed by atoms with Gasteiger partial charge in [-0.1, -0.05) is 6.92 Å². The summed E-state index contributed by atoms with van der Waals surface area (Å²) in [4.78, 5) is 16.1. The van der Waals surface area contributed by atoms with Gasteiger partial charge in [-0.15, -0.1) is 0 Å². The molecule has 0 aliphatic carbocycles. The van der Waals surface area contributed by atoms with Crippen LogP contribution in [0.2, 0.25) is 0 Å². The van der Waals surface area contributed by atoms with Gasteiger partial charge in [-0.25, -0.2) is 0 Å². The number of nitrogens with zero attached hydrogens (tertiary/aromatic N) is 2. The highest BCUT2D eigenvalue weighted by molar-refractivity contribution is 5.95. The third-order valence-electron chi connectivity index (χ3n) is 4.02. The minimum absolute atomic E-state index is 0.00289. The highest BCUT2D eigenvalue weighted by atomic mass is 16.2. The van der Waals surface area contributed by atoms with Gasteiger partial charge in [0.25, 0.3) is 5.91 Å². The number of amides is 1. The lowest BCUT2D eigenvalue weighted by Gasteiger charge is -2.33. The van der Waals surface area contributed by atoms with Crippen molar-refractivity contribution in [1.82, 2.24) is 9.80 Å². The maximum absolute atomic E-state index is 12.0. The van der Waals surface area contributed by atoms with E-state index < -0.39 is 0 Å². The molecule has 1 aliphatic rings. The number of likely N-dealkylation sites (tertiary alicyclic amines) is 1. The molecule has 1 unspecified atom stereocenters. The van der Waals surface area contributed by atoms with Gasteiger partial charge in [0.05, 0.1) is 11.4 Å². The van der Waals surface area contributed by atoms with Crippen LogP contribution in [0.1, 0.15) is 30.1 Å². The van der Waals surface area contributed by atoms with E-state index >= 15 is 0 Å². The molecule has 0 bridgehead atoms. The number of benzene rings is 1. The number of hydrogen-bond acceptors (Lipinski definition) is 4. The maximum atomic E-state index is 12.0. The molecule has 0 spiro atoms. The molecule has 0 radical (unpaired) electrons. The zero-order chi connectivity index (χ0) is 15.4. The molecular formula is C16H26N4O. The van der Waals surface area contributed by atoms with Crippen molar-refractivity contribution in [3.05, 3.63) is 23.8 Å². The van der Waals surface area contributed by atoms with E-state index in [1.807, 2.05) is 6.07 Å². The van der Waals surface area contributed by atoms with Crippen LogP contribution in [0.3, 0.4) is 0 Å². The summed E-state index contributed by atoms with van der Waals surface area (Å²) in [6, 6.07) is 5.84. The summed E-state index contributed by atoms with van der Waals surface area (Å²) in [6.45, 7) is 5.46. The van der Waals surface area contributed by atoms with Crippen LogP contribution in [0.4, 0.5) is 11.4 Å². The molecule has 116 valence electrons. The van der Waals surface area contributed by atoms with Gasteiger partial charge < -0.3 is 20.9 Å². The van der Waals surface area contributed by atoms with Gasteiger partial charge in [-0.2, -0.15) is 0 Å². The fourth-order valence-electron chi connectivity index (χ4n) is 2.75. The fraction of sp³-hybridized carbons (Fsp3) is 0.562. The Morgan fingerprint density at radius 3 is 2.90 bits per heavy atom. The summed E-state index contributed by atoms with van der Waals surface area (Å²) in [6.07, 6.45) is 2.34. The summed E-state index contributed by atoms with van der Waals surface area (Å²) in [5, 5.41) is 3.51. The molecule has 5 nitrogen and oxygen atoms in total. The lowest BCUT2D eigenvalue weighted by molar-refractivity contribution is 0.0827. The highest BCUT2D eigenvalue weighted by Crippen LogP contribution is 2.24. The Bertz CT molecular complexity index is 501. The second kappa shape index (κ2) is 6.80. The fourth-order valence-corrected chi connectivity index (χ4v) is 2.75. The van der Waals surface area contributed by atoms with Crippen LogP contribution in [0, 0.1) is 0 Å². The van der Waals surface area contributed by atoms with E-state index in [1.165, 1.54) is 13.0 Å². The smallest absolute Gasteiger partial charge is 0.253 e. The van der Waals surface area contributed by atoms with E-state index in [0.29, 0.717) is 17.3 Å². The van der Waals surface area contributed by atoms with Crippen molar-refractivity contribution in [2.24, 2.45) is 0 Å². The third kappa shape index (κ3) is 3.88. The van der Waals surface area contributed by atoms with Gasteiger partial charge in [-0.3, -0.25) is 4.79 Å². The van der Waals surface area contributed by atoms with Crippen LogP contribution in [-0.4, -0.2) is 55.5 Å². The van der Waals surface area contributed by atoms with Crippen LogP contribution in [0.15, 0.2) is 18.2 Å². The molecule has 5 heteroatoms. The predicted molar refractivity (Wildman–Crippen MR) is 87.6 cm³/mol. The highest BCUT2D eigenvalue weighted by Gasteiger charge is 2.19. The molecule has 21 heavy (non-hydrogen) atoms. The number of nitrogens with two attached hydrogens (primary N) is 1. The monoisotopic (exact) mass is 290 g/mol. The normalized spacial score (nSPS) is 19.3. The number of nitrogen functional groups attached to an aromatic ring is 1. The van der Waals surface area contributed by atoms with Crippen LogP contribution in [0.25, 0.3) is 0 Å². The maximum Gasteiger partial charge on any atom is 0.253 e. The molecule has 0 aromatic heterocycles. The average Bonchev–Trinajstić information content (AvgIpc) is 2.49. The Balaban J connectivity index is 2.12. The van der Waals surface area contributed by atoms with Crippen LogP contribution in [-0.2, 0) is 0 Å². The predicted octanol–water partition coefficient (Wildman–Crippen LogP) is 1.87. The van der Waals surface area contributed by atoms with Crippen LogP contribution >= 0.6 is 0 Å². The second-order valence-electron chi connectivity index (χ2n) is 5.88. The molecule has 2 rings (SSSR count).